The number of nitrogens with zero attached hydrogens (tertiary/aromatic N) is 2. The molecule has 0 spiro atoms. The summed E-state index contributed by atoms with van der Waals surface area (Å²) in [5, 5.41) is 0. The van der Waals surface area contributed by atoms with Crippen molar-refractivity contribution in [3.05, 3.63) is 38.3 Å². The Morgan fingerprint density at radius 1 is 1.36 bits per heavy atom. The van der Waals surface area contributed by atoms with Crippen LogP contribution in [-0.4, -0.2) is 37.9 Å². The second kappa shape index (κ2) is 6.90. The van der Waals surface area contributed by atoms with Gasteiger partial charge in [-0.15, -0.1) is 11.3 Å². The molecule has 0 fully saturated rings. The number of carbonyl (C=O) groups excluding carboxylic acids is 1. The van der Waals surface area contributed by atoms with Crippen molar-refractivity contribution in [1.29, 1.82) is 0 Å². The number of halogens is 1. The fourth-order valence-corrected chi connectivity index (χ4v) is 5.23. The van der Waals surface area contributed by atoms with Crippen LogP contribution in [0.5, 0.6) is 5.75 Å². The smallest absolute Gasteiger partial charge is 0.337 e. The van der Waals surface area contributed by atoms with Crippen molar-refractivity contribution in [2.45, 2.75) is 13.1 Å². The number of hydrogen-bond donors (Lipinski definition) is 1. The van der Waals surface area contributed by atoms with Gasteiger partial charge in [0.25, 0.3) is 0 Å². The second-order valence-electron chi connectivity index (χ2n) is 5.12. The number of benzene rings is 1. The molecule has 0 saturated heterocycles. The molecule has 1 aromatic carbocycles. The van der Waals surface area contributed by atoms with Gasteiger partial charge in [0.15, 0.2) is 3.92 Å². The fraction of sp³-hybridized carbons (Fsp3) is 0.286. The number of aromatic nitrogens is 1. The van der Waals surface area contributed by atoms with Crippen LogP contribution in [0.1, 0.15) is 20.9 Å². The molecule has 8 nitrogen and oxygen atoms in total. The Bertz CT molecular complexity index is 905. The monoisotopic (exact) mass is 447 g/mol. The molecule has 2 heterocycles. The van der Waals surface area contributed by atoms with Crippen LogP contribution in [0.2, 0.25) is 0 Å². The van der Waals surface area contributed by atoms with Crippen LogP contribution in [0.4, 0.5) is 5.69 Å². The van der Waals surface area contributed by atoms with E-state index < -0.39 is 16.2 Å². The average Bonchev–Trinajstić information content (AvgIpc) is 3.12. The van der Waals surface area contributed by atoms with Gasteiger partial charge in [0.05, 0.1) is 44.3 Å². The molecule has 0 atom stereocenters. The molecule has 1 aliphatic rings. The molecule has 2 aromatic rings. The number of methoxy groups -OCH3 is 2. The Labute approximate surface area is 157 Å². The number of hydrogen-bond acceptors (Lipinski definition) is 7. The predicted octanol–water partition coefficient (Wildman–Crippen LogP) is 2.37. The van der Waals surface area contributed by atoms with Crippen LogP contribution in [0.25, 0.3) is 0 Å². The van der Waals surface area contributed by atoms with Gasteiger partial charge in [-0.2, -0.15) is 12.7 Å². The van der Waals surface area contributed by atoms with E-state index >= 15 is 0 Å². The van der Waals surface area contributed by atoms with E-state index in [0.717, 1.165) is 14.5 Å². The number of carbonyl (C=O) groups is 1. The first kappa shape index (κ1) is 18.1. The summed E-state index contributed by atoms with van der Waals surface area (Å²) in [5.74, 6) is -0.311. The summed E-state index contributed by atoms with van der Waals surface area (Å²) < 4.78 is 39.6. The van der Waals surface area contributed by atoms with E-state index in [-0.39, 0.29) is 30.1 Å². The molecule has 25 heavy (non-hydrogen) atoms. The third-order valence-electron chi connectivity index (χ3n) is 3.60. The first-order chi connectivity index (χ1) is 11.8. The summed E-state index contributed by atoms with van der Waals surface area (Å²) >= 11 is 4.71. The molecule has 0 saturated carbocycles. The number of nitrogens with one attached hydrogen (secondary N) is 1. The van der Waals surface area contributed by atoms with Gasteiger partial charge >= 0.3 is 16.2 Å². The van der Waals surface area contributed by atoms with Crippen LogP contribution in [0.15, 0.2) is 22.1 Å². The molecular weight excluding hydrogens is 434 g/mol. The largest absolute Gasteiger partial charge is 0.495 e. The van der Waals surface area contributed by atoms with Crippen LogP contribution in [0.3, 0.4) is 0 Å². The number of rotatable bonds is 5. The van der Waals surface area contributed by atoms with E-state index in [2.05, 4.69) is 30.4 Å². The molecule has 1 aromatic heterocycles. The van der Waals surface area contributed by atoms with Crippen LogP contribution < -0.4 is 9.46 Å². The Morgan fingerprint density at radius 3 is 2.76 bits per heavy atom. The van der Waals surface area contributed by atoms with Crippen molar-refractivity contribution < 1.29 is 22.7 Å². The fourth-order valence-electron chi connectivity index (χ4n) is 2.38. The number of thiazole rings is 1. The molecule has 0 unspecified atom stereocenters. The number of fused-ring (bicyclic) bond motifs is 1. The number of esters is 1. The van der Waals surface area contributed by atoms with E-state index in [9.17, 15) is 13.2 Å². The van der Waals surface area contributed by atoms with Gasteiger partial charge in [-0.1, -0.05) is 0 Å². The van der Waals surface area contributed by atoms with Gasteiger partial charge in [-0.25, -0.2) is 9.78 Å². The minimum absolute atomic E-state index is 0.204. The van der Waals surface area contributed by atoms with Crippen LogP contribution in [0, 0.1) is 0 Å². The maximum atomic E-state index is 12.6. The second-order valence-corrected chi connectivity index (χ2v) is 9.15. The highest BCUT2D eigenvalue weighted by atomic mass is 79.9. The van der Waals surface area contributed by atoms with E-state index in [4.69, 9.17) is 4.74 Å². The van der Waals surface area contributed by atoms with Crippen molar-refractivity contribution >= 4 is 49.1 Å². The van der Waals surface area contributed by atoms with Crippen molar-refractivity contribution in [2.24, 2.45) is 0 Å². The van der Waals surface area contributed by atoms with Gasteiger partial charge in [-0.3, -0.25) is 4.72 Å². The summed E-state index contributed by atoms with van der Waals surface area (Å²) in [5.41, 5.74) is 1.24. The van der Waals surface area contributed by atoms with Gasteiger partial charge < -0.3 is 9.47 Å². The summed E-state index contributed by atoms with van der Waals surface area (Å²) in [6, 6.07) is 4.35. The lowest BCUT2D eigenvalue weighted by atomic mass is 10.2. The summed E-state index contributed by atoms with van der Waals surface area (Å²) in [4.78, 5) is 16.7. The van der Waals surface area contributed by atoms with E-state index in [1.54, 1.807) is 0 Å². The number of ether oxygens (including phenoxy) is 2. The van der Waals surface area contributed by atoms with Gasteiger partial charge in [0, 0.05) is 4.88 Å². The van der Waals surface area contributed by atoms with Crippen molar-refractivity contribution in [2.75, 3.05) is 18.9 Å². The third kappa shape index (κ3) is 3.64. The molecule has 11 heteroatoms. The molecule has 0 bridgehead atoms. The molecule has 0 aliphatic carbocycles. The summed E-state index contributed by atoms with van der Waals surface area (Å²) in [6.45, 7) is 0.464. The van der Waals surface area contributed by atoms with E-state index in [1.165, 1.54) is 48.1 Å². The summed E-state index contributed by atoms with van der Waals surface area (Å²) in [6.07, 6.45) is 0. The van der Waals surface area contributed by atoms with Gasteiger partial charge in [0.2, 0.25) is 0 Å². The zero-order valence-corrected chi connectivity index (χ0v) is 16.5. The predicted molar refractivity (Wildman–Crippen MR) is 95.9 cm³/mol. The normalized spacial score (nSPS) is 14.2. The topological polar surface area (TPSA) is 97.8 Å². The van der Waals surface area contributed by atoms with Crippen molar-refractivity contribution in [3.63, 3.8) is 0 Å². The lowest BCUT2D eigenvalue weighted by Crippen LogP contribution is -2.31. The highest BCUT2D eigenvalue weighted by molar-refractivity contribution is 9.11. The van der Waals surface area contributed by atoms with Gasteiger partial charge in [0.1, 0.15) is 5.75 Å². The highest BCUT2D eigenvalue weighted by Crippen LogP contribution is 2.34. The molecule has 1 aliphatic heterocycles. The van der Waals surface area contributed by atoms with Crippen molar-refractivity contribution in [1.82, 2.24) is 9.29 Å². The zero-order chi connectivity index (χ0) is 18.2. The molecule has 0 radical (unpaired) electrons. The maximum absolute atomic E-state index is 12.6. The minimum atomic E-state index is -3.80. The Kier molecular flexibility index (Phi) is 5.00. The Hall–Kier alpha value is -1.69. The van der Waals surface area contributed by atoms with Gasteiger partial charge in [-0.05, 0) is 34.1 Å². The molecular formula is C14H14BrN3O5S2. The molecule has 134 valence electrons. The Morgan fingerprint density at radius 2 is 2.12 bits per heavy atom. The van der Waals surface area contributed by atoms with Crippen LogP contribution in [-0.2, 0) is 28.0 Å². The quantitative estimate of drug-likeness (QED) is 0.706. The lowest BCUT2D eigenvalue weighted by Gasteiger charge is -2.18. The standard InChI is InChI=1S/C14H14BrN3O5S2/c1-22-11-5-8(13(19)23-2)3-4-9(11)17-25(20,21)18-6-10-12(7-18)24-14(15)16-10/h3-5,17H,6-7H2,1-2H3. The third-order valence-corrected chi connectivity index (χ3v) is 6.55. The Balaban J connectivity index is 1.81. The minimum Gasteiger partial charge on any atom is -0.495 e. The SMILES string of the molecule is COC(=O)c1ccc(NS(=O)(=O)N2Cc3nc(Br)sc3C2)c(OC)c1. The molecule has 3 rings (SSSR count). The average molecular weight is 448 g/mol. The maximum Gasteiger partial charge on any atom is 0.337 e. The van der Waals surface area contributed by atoms with E-state index in [1.807, 2.05) is 0 Å². The first-order valence-electron chi connectivity index (χ1n) is 7.02. The first-order valence-corrected chi connectivity index (χ1v) is 10.1. The summed E-state index contributed by atoms with van der Waals surface area (Å²) in [7, 11) is -1.14. The van der Waals surface area contributed by atoms with Crippen LogP contribution >= 0.6 is 27.3 Å². The molecule has 0 amide bonds. The molecule has 1 N–H and O–H groups in total. The lowest BCUT2D eigenvalue weighted by molar-refractivity contribution is 0.0600. The zero-order valence-electron chi connectivity index (χ0n) is 13.3. The van der Waals surface area contributed by atoms with E-state index in [0.29, 0.717) is 0 Å². The highest BCUT2D eigenvalue weighted by Gasteiger charge is 2.32. The number of anilines is 1. The van der Waals surface area contributed by atoms with Crippen molar-refractivity contribution in [3.8, 4) is 5.75 Å².